The van der Waals surface area contributed by atoms with Gasteiger partial charge >= 0.3 is 0 Å². The zero-order valence-electron chi connectivity index (χ0n) is 7.21. The monoisotopic (exact) mass is 176 g/mol. The Labute approximate surface area is 68.9 Å². The van der Waals surface area contributed by atoms with Crippen LogP contribution in [0.25, 0.3) is 0 Å². The van der Waals surface area contributed by atoms with Crippen LogP contribution in [0.3, 0.4) is 0 Å². The summed E-state index contributed by atoms with van der Waals surface area (Å²) in [5, 5.41) is -0.0429. The second-order valence-corrected chi connectivity index (χ2v) is 6.04. The molecule has 2 nitrogen and oxygen atoms in total. The maximum atomic E-state index is 11.1. The fourth-order valence-corrected chi connectivity index (χ4v) is 2.79. The Balaban J connectivity index is 2.53. The van der Waals surface area contributed by atoms with Crippen molar-refractivity contribution >= 4 is 9.84 Å². The first-order valence-corrected chi connectivity index (χ1v) is 6.14. The smallest absolute Gasteiger partial charge is 0.150 e. The van der Waals surface area contributed by atoms with Crippen LogP contribution in [-0.4, -0.2) is 19.9 Å². The molecule has 0 aromatic rings. The summed E-state index contributed by atoms with van der Waals surface area (Å²) in [6.45, 7) is 2.19. The van der Waals surface area contributed by atoms with Gasteiger partial charge in [-0.1, -0.05) is 6.92 Å². The number of hydrogen-bond donors (Lipinski definition) is 0. The van der Waals surface area contributed by atoms with Gasteiger partial charge < -0.3 is 0 Å². The van der Waals surface area contributed by atoms with Crippen LogP contribution < -0.4 is 0 Å². The van der Waals surface area contributed by atoms with E-state index in [0.717, 1.165) is 31.6 Å². The molecule has 1 fully saturated rings. The molecule has 3 heteroatoms. The number of hydrogen-bond acceptors (Lipinski definition) is 2. The Hall–Kier alpha value is -0.0500. The normalized spacial score (nSPS) is 33.6. The topological polar surface area (TPSA) is 34.1 Å². The summed E-state index contributed by atoms with van der Waals surface area (Å²) in [5.74, 6) is 0.730. The Kier molecular flexibility index (Phi) is 2.58. The lowest BCUT2D eigenvalue weighted by molar-refractivity contribution is 0.383. The molecule has 0 aliphatic heterocycles. The predicted molar refractivity (Wildman–Crippen MR) is 46.3 cm³/mol. The van der Waals surface area contributed by atoms with E-state index in [9.17, 15) is 8.42 Å². The molecule has 0 radical (unpaired) electrons. The average Bonchev–Trinajstić information content (AvgIpc) is 1.86. The largest absolute Gasteiger partial charge is 0.229 e. The van der Waals surface area contributed by atoms with Crippen LogP contribution >= 0.6 is 0 Å². The zero-order valence-corrected chi connectivity index (χ0v) is 8.02. The van der Waals surface area contributed by atoms with E-state index < -0.39 is 9.84 Å². The van der Waals surface area contributed by atoms with Crippen LogP contribution in [0.15, 0.2) is 0 Å². The van der Waals surface area contributed by atoms with Gasteiger partial charge in [-0.25, -0.2) is 8.42 Å². The highest BCUT2D eigenvalue weighted by atomic mass is 32.2. The molecule has 0 atom stereocenters. The molecule has 1 saturated carbocycles. The second-order valence-electron chi connectivity index (χ2n) is 3.71. The molecule has 0 heterocycles. The highest BCUT2D eigenvalue weighted by Crippen LogP contribution is 2.27. The van der Waals surface area contributed by atoms with Gasteiger partial charge in [-0.3, -0.25) is 0 Å². The van der Waals surface area contributed by atoms with Gasteiger partial charge in [0, 0.05) is 6.26 Å². The van der Waals surface area contributed by atoms with Crippen molar-refractivity contribution in [3.8, 4) is 0 Å². The van der Waals surface area contributed by atoms with Crippen molar-refractivity contribution in [3.05, 3.63) is 0 Å². The third-order valence-electron chi connectivity index (χ3n) is 2.57. The van der Waals surface area contributed by atoms with Gasteiger partial charge in [0.15, 0.2) is 0 Å². The SMILES string of the molecule is CS(=O)(=O)[C@H]1CC[C@H](C)CC1. The lowest BCUT2D eigenvalue weighted by Crippen LogP contribution is -2.25. The number of sulfone groups is 1. The summed E-state index contributed by atoms with van der Waals surface area (Å²) in [4.78, 5) is 0. The maximum Gasteiger partial charge on any atom is 0.150 e. The fourth-order valence-electron chi connectivity index (χ4n) is 1.66. The zero-order chi connectivity index (χ0) is 8.48. The van der Waals surface area contributed by atoms with E-state index in [-0.39, 0.29) is 5.25 Å². The molecule has 0 saturated heterocycles. The van der Waals surface area contributed by atoms with E-state index in [2.05, 4.69) is 6.92 Å². The van der Waals surface area contributed by atoms with Crippen molar-refractivity contribution in [2.24, 2.45) is 5.92 Å². The molecule has 66 valence electrons. The first-order chi connectivity index (χ1) is 5.00. The molecule has 1 aliphatic rings. The van der Waals surface area contributed by atoms with Crippen LogP contribution in [0.2, 0.25) is 0 Å². The molecule has 0 aromatic heterocycles. The van der Waals surface area contributed by atoms with Gasteiger partial charge in [-0.15, -0.1) is 0 Å². The van der Waals surface area contributed by atoms with Crippen LogP contribution in [-0.2, 0) is 9.84 Å². The standard InChI is InChI=1S/C8H16O2S/c1-7-3-5-8(6-4-7)11(2,9)10/h7-8H,3-6H2,1-2H3/t7-,8-. The Morgan fingerprint density at radius 1 is 1.09 bits per heavy atom. The van der Waals surface area contributed by atoms with Crippen LogP contribution in [0.4, 0.5) is 0 Å². The molecule has 0 unspecified atom stereocenters. The van der Waals surface area contributed by atoms with Gasteiger partial charge in [-0.05, 0) is 31.6 Å². The lowest BCUT2D eigenvalue weighted by Gasteiger charge is -2.24. The molecule has 0 aromatic carbocycles. The van der Waals surface area contributed by atoms with E-state index in [4.69, 9.17) is 0 Å². The van der Waals surface area contributed by atoms with Crippen LogP contribution in [0.5, 0.6) is 0 Å². The lowest BCUT2D eigenvalue weighted by atomic mass is 9.91. The molecular formula is C8H16O2S. The summed E-state index contributed by atoms with van der Waals surface area (Å²) >= 11 is 0. The van der Waals surface area contributed by atoms with Crippen molar-refractivity contribution in [2.45, 2.75) is 37.9 Å². The van der Waals surface area contributed by atoms with Gasteiger partial charge in [0.1, 0.15) is 9.84 Å². The highest BCUT2D eigenvalue weighted by molar-refractivity contribution is 7.91. The third-order valence-corrected chi connectivity index (χ3v) is 4.25. The first-order valence-electron chi connectivity index (χ1n) is 4.19. The van der Waals surface area contributed by atoms with Crippen molar-refractivity contribution < 1.29 is 8.42 Å². The minimum absolute atomic E-state index is 0.0429. The van der Waals surface area contributed by atoms with Crippen molar-refractivity contribution in [3.63, 3.8) is 0 Å². The predicted octanol–water partition coefficient (Wildman–Crippen LogP) is 1.61. The number of rotatable bonds is 1. The van der Waals surface area contributed by atoms with Gasteiger partial charge in [-0.2, -0.15) is 0 Å². The van der Waals surface area contributed by atoms with E-state index >= 15 is 0 Å². The third kappa shape index (κ3) is 2.47. The molecule has 11 heavy (non-hydrogen) atoms. The average molecular weight is 176 g/mol. The van der Waals surface area contributed by atoms with Gasteiger partial charge in [0.05, 0.1) is 5.25 Å². The molecule has 1 aliphatic carbocycles. The molecule has 0 spiro atoms. The van der Waals surface area contributed by atoms with E-state index in [0.29, 0.717) is 0 Å². The first kappa shape index (κ1) is 9.04. The quantitative estimate of drug-likeness (QED) is 0.608. The van der Waals surface area contributed by atoms with E-state index in [1.54, 1.807) is 0 Å². The summed E-state index contributed by atoms with van der Waals surface area (Å²) < 4.78 is 22.2. The summed E-state index contributed by atoms with van der Waals surface area (Å²) in [5.41, 5.74) is 0. The Morgan fingerprint density at radius 2 is 1.55 bits per heavy atom. The summed E-state index contributed by atoms with van der Waals surface area (Å²) in [6, 6.07) is 0. The second kappa shape index (κ2) is 3.13. The van der Waals surface area contributed by atoms with Gasteiger partial charge in [0.25, 0.3) is 0 Å². The van der Waals surface area contributed by atoms with Crippen LogP contribution in [0, 0.1) is 5.92 Å². The fraction of sp³-hybridized carbons (Fsp3) is 1.00. The molecule has 0 bridgehead atoms. The minimum atomic E-state index is -2.75. The molecular weight excluding hydrogens is 160 g/mol. The van der Waals surface area contributed by atoms with Gasteiger partial charge in [0.2, 0.25) is 0 Å². The Bertz CT molecular complexity index is 210. The van der Waals surface area contributed by atoms with Crippen LogP contribution in [0.1, 0.15) is 32.6 Å². The minimum Gasteiger partial charge on any atom is -0.229 e. The highest BCUT2D eigenvalue weighted by Gasteiger charge is 2.25. The molecule has 0 N–H and O–H groups in total. The maximum absolute atomic E-state index is 11.1. The van der Waals surface area contributed by atoms with E-state index in [1.165, 1.54) is 6.26 Å². The van der Waals surface area contributed by atoms with E-state index in [1.807, 2.05) is 0 Å². The Morgan fingerprint density at radius 3 is 1.91 bits per heavy atom. The van der Waals surface area contributed by atoms with Crippen molar-refractivity contribution in [1.82, 2.24) is 0 Å². The molecule has 1 rings (SSSR count). The van der Waals surface area contributed by atoms with Crippen molar-refractivity contribution in [1.29, 1.82) is 0 Å². The summed E-state index contributed by atoms with van der Waals surface area (Å²) in [6.07, 6.45) is 5.27. The van der Waals surface area contributed by atoms with Crippen molar-refractivity contribution in [2.75, 3.05) is 6.26 Å². The molecule has 0 amide bonds. The summed E-state index contributed by atoms with van der Waals surface area (Å²) in [7, 11) is -2.75.